The molecule has 10 nitrogen and oxygen atoms in total. The number of nitrogens with zero attached hydrogens (tertiary/aromatic N) is 4. The van der Waals surface area contributed by atoms with Gasteiger partial charge >= 0.3 is 0 Å². The van der Waals surface area contributed by atoms with Gasteiger partial charge in [-0.2, -0.15) is 5.10 Å². The Morgan fingerprint density at radius 2 is 2.00 bits per heavy atom. The summed E-state index contributed by atoms with van der Waals surface area (Å²) in [5.74, 6) is -2.06. The van der Waals surface area contributed by atoms with Gasteiger partial charge in [0.1, 0.15) is 11.4 Å². The Kier molecular flexibility index (Phi) is 6.38. The number of ether oxygens (including phenoxy) is 2. The van der Waals surface area contributed by atoms with Crippen molar-refractivity contribution in [3.8, 4) is 22.9 Å². The molecule has 0 aliphatic heterocycles. The van der Waals surface area contributed by atoms with Crippen LogP contribution in [-0.2, 0) is 11.3 Å². The van der Waals surface area contributed by atoms with Crippen LogP contribution in [0.25, 0.3) is 16.9 Å². The van der Waals surface area contributed by atoms with Gasteiger partial charge in [-0.05, 0) is 37.1 Å². The number of nitrogens with one attached hydrogen (secondary N) is 2. The summed E-state index contributed by atoms with van der Waals surface area (Å²) in [7, 11) is 1.38. The molecule has 5 rings (SSSR count). The second-order valence-corrected chi connectivity index (χ2v) is 8.49. The quantitative estimate of drug-likeness (QED) is 0.374. The number of hydrogen-bond acceptors (Lipinski definition) is 7. The van der Waals surface area contributed by atoms with Crippen LogP contribution in [-0.4, -0.2) is 44.6 Å². The van der Waals surface area contributed by atoms with Gasteiger partial charge in [0.15, 0.2) is 23.0 Å². The van der Waals surface area contributed by atoms with Crippen molar-refractivity contribution in [1.82, 2.24) is 24.9 Å². The van der Waals surface area contributed by atoms with Crippen LogP contribution in [0, 0.1) is 11.6 Å². The SMILES string of the molecule is COc1ncc(-c2ccc3nc(NC(C)=O)cn3n2)cc1C(=O)NCc1cc(F)cc(F)c1OC1CC1. The minimum atomic E-state index is -0.819. The molecule has 1 fully saturated rings. The molecule has 3 heterocycles. The number of amides is 2. The van der Waals surface area contributed by atoms with Gasteiger partial charge in [0.05, 0.1) is 25.1 Å². The fraction of sp³-hybridized carbons (Fsp3) is 0.240. The maximum Gasteiger partial charge on any atom is 0.257 e. The first kappa shape index (κ1) is 24.1. The van der Waals surface area contributed by atoms with Crippen molar-refractivity contribution in [3.63, 3.8) is 0 Å². The summed E-state index contributed by atoms with van der Waals surface area (Å²) in [5, 5.41) is 9.73. The monoisotopic (exact) mass is 508 g/mol. The van der Waals surface area contributed by atoms with E-state index in [-0.39, 0.29) is 41.3 Å². The van der Waals surface area contributed by atoms with Crippen molar-refractivity contribution in [2.75, 3.05) is 12.4 Å². The van der Waals surface area contributed by atoms with Crippen molar-refractivity contribution in [2.45, 2.75) is 32.4 Å². The third kappa shape index (κ3) is 5.32. The number of carbonyl (C=O) groups is 2. The Labute approximate surface area is 209 Å². The molecular formula is C25H22F2N6O4. The average Bonchev–Trinajstić information content (AvgIpc) is 3.60. The van der Waals surface area contributed by atoms with Gasteiger partial charge in [-0.3, -0.25) is 9.59 Å². The van der Waals surface area contributed by atoms with Gasteiger partial charge in [-0.15, -0.1) is 0 Å². The van der Waals surface area contributed by atoms with Gasteiger partial charge in [-0.25, -0.2) is 23.3 Å². The summed E-state index contributed by atoms with van der Waals surface area (Å²) in [6.45, 7) is 1.21. The highest BCUT2D eigenvalue weighted by molar-refractivity contribution is 5.97. The van der Waals surface area contributed by atoms with E-state index in [0.29, 0.717) is 22.7 Å². The number of anilines is 1. The molecule has 0 bridgehead atoms. The zero-order valence-corrected chi connectivity index (χ0v) is 19.9. The van der Waals surface area contributed by atoms with Crippen LogP contribution in [0.3, 0.4) is 0 Å². The Morgan fingerprint density at radius 3 is 2.73 bits per heavy atom. The summed E-state index contributed by atoms with van der Waals surface area (Å²) in [4.78, 5) is 32.9. The molecule has 1 aliphatic rings. The molecule has 37 heavy (non-hydrogen) atoms. The van der Waals surface area contributed by atoms with E-state index in [1.807, 2.05) is 0 Å². The lowest BCUT2D eigenvalue weighted by atomic mass is 10.1. The molecular weight excluding hydrogens is 486 g/mol. The second kappa shape index (κ2) is 9.80. The van der Waals surface area contributed by atoms with E-state index in [2.05, 4.69) is 25.7 Å². The molecule has 190 valence electrons. The number of methoxy groups -OCH3 is 1. The predicted octanol–water partition coefficient (Wildman–Crippen LogP) is 3.51. The molecule has 0 spiro atoms. The third-order valence-corrected chi connectivity index (χ3v) is 5.54. The number of carbonyl (C=O) groups excluding carboxylic acids is 2. The first-order valence-electron chi connectivity index (χ1n) is 11.4. The Hall–Kier alpha value is -4.61. The minimum Gasteiger partial charge on any atom is -0.487 e. The van der Waals surface area contributed by atoms with Crippen LogP contribution in [0.15, 0.2) is 42.7 Å². The Morgan fingerprint density at radius 1 is 1.19 bits per heavy atom. The molecule has 1 aliphatic carbocycles. The molecule has 0 atom stereocenters. The first-order chi connectivity index (χ1) is 17.8. The van der Waals surface area contributed by atoms with Gasteiger partial charge < -0.3 is 20.1 Å². The van der Waals surface area contributed by atoms with Crippen molar-refractivity contribution in [3.05, 3.63) is 65.5 Å². The summed E-state index contributed by atoms with van der Waals surface area (Å²) in [6.07, 6.45) is 4.55. The van der Waals surface area contributed by atoms with Crippen LogP contribution in [0.2, 0.25) is 0 Å². The van der Waals surface area contributed by atoms with E-state index in [9.17, 15) is 18.4 Å². The van der Waals surface area contributed by atoms with Crippen molar-refractivity contribution in [2.24, 2.45) is 0 Å². The van der Waals surface area contributed by atoms with E-state index in [4.69, 9.17) is 9.47 Å². The Bertz CT molecular complexity index is 1520. The van der Waals surface area contributed by atoms with E-state index in [0.717, 1.165) is 25.0 Å². The highest BCUT2D eigenvalue weighted by Crippen LogP contribution is 2.32. The van der Waals surface area contributed by atoms with Gasteiger partial charge in [0.2, 0.25) is 11.8 Å². The summed E-state index contributed by atoms with van der Waals surface area (Å²) < 4.78 is 40.5. The summed E-state index contributed by atoms with van der Waals surface area (Å²) in [5.41, 5.74) is 1.79. The van der Waals surface area contributed by atoms with Gasteiger partial charge in [-0.1, -0.05) is 0 Å². The number of fused-ring (bicyclic) bond motifs is 1. The molecule has 12 heteroatoms. The van der Waals surface area contributed by atoms with Crippen LogP contribution in [0.1, 0.15) is 35.7 Å². The number of rotatable bonds is 8. The molecule has 4 aromatic rings. The van der Waals surface area contributed by atoms with Crippen LogP contribution in [0.5, 0.6) is 11.6 Å². The molecule has 0 unspecified atom stereocenters. The lowest BCUT2D eigenvalue weighted by Crippen LogP contribution is -2.24. The maximum absolute atomic E-state index is 14.3. The summed E-state index contributed by atoms with van der Waals surface area (Å²) >= 11 is 0. The van der Waals surface area contributed by atoms with Crippen LogP contribution in [0.4, 0.5) is 14.6 Å². The van der Waals surface area contributed by atoms with Crippen LogP contribution >= 0.6 is 0 Å². The normalized spacial score (nSPS) is 12.9. The lowest BCUT2D eigenvalue weighted by Gasteiger charge is -2.14. The topological polar surface area (TPSA) is 120 Å². The van der Waals surface area contributed by atoms with Crippen molar-refractivity contribution >= 4 is 23.3 Å². The zero-order chi connectivity index (χ0) is 26.1. The zero-order valence-electron chi connectivity index (χ0n) is 19.9. The minimum absolute atomic E-state index is 0.0674. The van der Waals surface area contributed by atoms with Gasteiger partial charge in [0.25, 0.3) is 5.91 Å². The Balaban J connectivity index is 1.40. The molecule has 0 radical (unpaired) electrons. The molecule has 1 saturated carbocycles. The van der Waals surface area contributed by atoms with Crippen molar-refractivity contribution < 1.29 is 27.8 Å². The van der Waals surface area contributed by atoms with Gasteiger partial charge in [0, 0.05) is 36.9 Å². The highest BCUT2D eigenvalue weighted by Gasteiger charge is 2.27. The molecule has 1 aromatic carbocycles. The molecule has 3 aromatic heterocycles. The van der Waals surface area contributed by atoms with E-state index >= 15 is 0 Å². The number of halogens is 2. The van der Waals surface area contributed by atoms with E-state index in [1.165, 1.54) is 24.7 Å². The number of benzene rings is 1. The lowest BCUT2D eigenvalue weighted by molar-refractivity contribution is -0.114. The number of pyridine rings is 1. The largest absolute Gasteiger partial charge is 0.487 e. The van der Waals surface area contributed by atoms with Crippen molar-refractivity contribution in [1.29, 1.82) is 0 Å². The average molecular weight is 508 g/mol. The number of imidazole rings is 1. The fourth-order valence-electron chi connectivity index (χ4n) is 3.69. The summed E-state index contributed by atoms with van der Waals surface area (Å²) in [6, 6.07) is 6.84. The second-order valence-electron chi connectivity index (χ2n) is 8.49. The predicted molar refractivity (Wildman–Crippen MR) is 128 cm³/mol. The number of hydrogen-bond donors (Lipinski definition) is 2. The fourth-order valence-corrected chi connectivity index (χ4v) is 3.69. The molecule has 2 N–H and O–H groups in total. The van der Waals surface area contributed by atoms with E-state index in [1.54, 1.807) is 24.4 Å². The first-order valence-corrected chi connectivity index (χ1v) is 11.4. The maximum atomic E-state index is 14.3. The van der Waals surface area contributed by atoms with E-state index < -0.39 is 17.5 Å². The standard InChI is InChI=1S/C25H22F2N6O4/c1-13(34)30-21-12-33-22(31-21)6-5-20(32-33)14-8-18(25(36-2)29-10-14)24(35)28-11-15-7-16(26)9-19(27)23(15)37-17-3-4-17/h5-10,12,17H,3-4,11H2,1-2H3,(H,28,35)(H,30,34). The molecule has 0 saturated heterocycles. The smallest absolute Gasteiger partial charge is 0.257 e. The van der Waals surface area contributed by atoms with Crippen LogP contribution < -0.4 is 20.1 Å². The highest BCUT2D eigenvalue weighted by atomic mass is 19.1. The molecule has 2 amide bonds. The third-order valence-electron chi connectivity index (χ3n) is 5.54. The number of aromatic nitrogens is 4.